The molecule has 1 aliphatic rings. The van der Waals surface area contributed by atoms with Crippen molar-refractivity contribution in [3.63, 3.8) is 0 Å². The number of rotatable bonds is 6. The number of pyridine rings is 1. The third kappa shape index (κ3) is 3.96. The first-order valence-corrected chi connectivity index (χ1v) is 10.7. The summed E-state index contributed by atoms with van der Waals surface area (Å²) >= 11 is 7.43. The number of thiophene rings is 1. The van der Waals surface area contributed by atoms with Crippen LogP contribution in [0.4, 0.5) is 5.82 Å². The minimum atomic E-state index is -0.591. The summed E-state index contributed by atoms with van der Waals surface area (Å²) < 4.78 is 5.24. The molecule has 0 unspecified atom stereocenters. The highest BCUT2D eigenvalue weighted by Gasteiger charge is 2.44. The van der Waals surface area contributed by atoms with E-state index in [-0.39, 0.29) is 11.8 Å². The van der Waals surface area contributed by atoms with Gasteiger partial charge in [0.2, 0.25) is 5.91 Å². The predicted octanol–water partition coefficient (Wildman–Crippen LogP) is 4.36. The average molecular weight is 442 g/mol. The van der Waals surface area contributed by atoms with Crippen molar-refractivity contribution in [3.8, 4) is 0 Å². The lowest BCUT2D eigenvalue weighted by atomic mass is 9.81. The van der Waals surface area contributed by atoms with E-state index < -0.39 is 12.0 Å². The SMILES string of the molecule is COCCN1C(=O)c2ccccc2[C@@H](C(=O)Nc2ccc(Cl)cn2)[C@@H]1c1cccs1. The Kier molecular flexibility index (Phi) is 6.13. The molecule has 4 rings (SSSR count). The van der Waals surface area contributed by atoms with Crippen molar-refractivity contribution < 1.29 is 14.3 Å². The van der Waals surface area contributed by atoms with Gasteiger partial charge in [-0.25, -0.2) is 4.98 Å². The summed E-state index contributed by atoms with van der Waals surface area (Å²) in [5.41, 5.74) is 1.24. The molecule has 0 fully saturated rings. The molecule has 0 saturated carbocycles. The van der Waals surface area contributed by atoms with Gasteiger partial charge in [-0.1, -0.05) is 35.9 Å². The average Bonchev–Trinajstić information content (AvgIpc) is 3.29. The number of anilines is 1. The number of methoxy groups -OCH3 is 1. The van der Waals surface area contributed by atoms with Gasteiger partial charge in [0.1, 0.15) is 5.82 Å². The number of amides is 2. The van der Waals surface area contributed by atoms with E-state index in [9.17, 15) is 9.59 Å². The smallest absolute Gasteiger partial charge is 0.254 e. The molecular weight excluding hydrogens is 422 g/mol. The summed E-state index contributed by atoms with van der Waals surface area (Å²) in [4.78, 5) is 33.7. The Morgan fingerprint density at radius 3 is 2.77 bits per heavy atom. The molecule has 2 aromatic heterocycles. The highest BCUT2D eigenvalue weighted by molar-refractivity contribution is 7.10. The van der Waals surface area contributed by atoms with Crippen LogP contribution in [-0.2, 0) is 9.53 Å². The van der Waals surface area contributed by atoms with Crippen molar-refractivity contribution in [1.29, 1.82) is 0 Å². The highest BCUT2D eigenvalue weighted by atomic mass is 35.5. The van der Waals surface area contributed by atoms with E-state index in [1.165, 1.54) is 17.5 Å². The van der Waals surface area contributed by atoms with E-state index in [1.54, 1.807) is 30.2 Å². The number of nitrogens with zero attached hydrogens (tertiary/aromatic N) is 2. The van der Waals surface area contributed by atoms with E-state index in [2.05, 4.69) is 10.3 Å². The zero-order valence-electron chi connectivity index (χ0n) is 16.2. The summed E-state index contributed by atoms with van der Waals surface area (Å²) in [6.45, 7) is 0.762. The van der Waals surface area contributed by atoms with E-state index in [4.69, 9.17) is 16.3 Å². The van der Waals surface area contributed by atoms with Gasteiger partial charge in [0.25, 0.3) is 5.91 Å². The van der Waals surface area contributed by atoms with Gasteiger partial charge >= 0.3 is 0 Å². The van der Waals surface area contributed by atoms with Gasteiger partial charge in [-0.3, -0.25) is 9.59 Å². The molecule has 0 bridgehead atoms. The molecule has 1 N–H and O–H groups in total. The zero-order valence-corrected chi connectivity index (χ0v) is 17.8. The van der Waals surface area contributed by atoms with Crippen LogP contribution in [-0.4, -0.2) is 42.0 Å². The Hall–Kier alpha value is -2.74. The first-order valence-electron chi connectivity index (χ1n) is 9.45. The molecule has 3 heterocycles. The monoisotopic (exact) mass is 441 g/mol. The third-order valence-corrected chi connectivity index (χ3v) is 6.24. The van der Waals surface area contributed by atoms with Gasteiger partial charge in [0, 0.05) is 30.3 Å². The zero-order chi connectivity index (χ0) is 21.1. The van der Waals surface area contributed by atoms with Crippen LogP contribution in [0.25, 0.3) is 0 Å². The number of fused-ring (bicyclic) bond motifs is 1. The van der Waals surface area contributed by atoms with Crippen molar-refractivity contribution in [1.82, 2.24) is 9.88 Å². The van der Waals surface area contributed by atoms with Crippen molar-refractivity contribution >= 4 is 40.6 Å². The summed E-state index contributed by atoms with van der Waals surface area (Å²) in [7, 11) is 1.60. The largest absolute Gasteiger partial charge is 0.383 e. The van der Waals surface area contributed by atoms with E-state index >= 15 is 0 Å². The topological polar surface area (TPSA) is 71.5 Å². The van der Waals surface area contributed by atoms with Crippen molar-refractivity contribution in [3.05, 3.63) is 81.1 Å². The number of aromatic nitrogens is 1. The molecule has 3 aromatic rings. The molecule has 154 valence electrons. The van der Waals surface area contributed by atoms with Gasteiger partial charge < -0.3 is 15.0 Å². The summed E-state index contributed by atoms with van der Waals surface area (Å²) in [6.07, 6.45) is 1.48. The Labute approximate surface area is 183 Å². The maximum atomic E-state index is 13.5. The molecule has 1 aromatic carbocycles. The van der Waals surface area contributed by atoms with Gasteiger partial charge in [0.15, 0.2) is 0 Å². The molecule has 0 saturated heterocycles. The van der Waals surface area contributed by atoms with E-state index in [0.29, 0.717) is 35.1 Å². The number of carbonyl (C=O) groups is 2. The minimum Gasteiger partial charge on any atom is -0.383 e. The van der Waals surface area contributed by atoms with Crippen LogP contribution >= 0.6 is 22.9 Å². The fourth-order valence-electron chi connectivity index (χ4n) is 3.74. The molecule has 1 aliphatic heterocycles. The van der Waals surface area contributed by atoms with Gasteiger partial charge in [0.05, 0.1) is 23.6 Å². The number of hydrogen-bond acceptors (Lipinski definition) is 5. The standard InChI is InChI=1S/C22H20ClN3O3S/c1-29-11-10-26-20(17-7-4-12-30-17)19(15-5-2-3-6-16(15)22(26)28)21(27)25-18-9-8-14(23)13-24-18/h2-9,12-13,19-20H,10-11H2,1H3,(H,24,25,27)/t19-,20+/m1/s1. The van der Waals surface area contributed by atoms with E-state index in [1.807, 2.05) is 35.7 Å². The van der Waals surface area contributed by atoms with Crippen LogP contribution < -0.4 is 5.32 Å². The number of ether oxygens (including phenoxy) is 1. The number of nitrogens with one attached hydrogen (secondary N) is 1. The Morgan fingerprint density at radius 2 is 2.07 bits per heavy atom. The number of carbonyl (C=O) groups excluding carboxylic acids is 2. The number of hydrogen-bond donors (Lipinski definition) is 1. The predicted molar refractivity (Wildman–Crippen MR) is 117 cm³/mol. The van der Waals surface area contributed by atoms with Gasteiger partial charge in [-0.15, -0.1) is 11.3 Å². The minimum absolute atomic E-state index is 0.102. The van der Waals surface area contributed by atoms with E-state index in [0.717, 1.165) is 4.88 Å². The second-order valence-electron chi connectivity index (χ2n) is 6.87. The lowest BCUT2D eigenvalue weighted by Crippen LogP contribution is -2.47. The first-order chi connectivity index (χ1) is 14.6. The number of halogens is 1. The molecule has 0 aliphatic carbocycles. The van der Waals surface area contributed by atoms with Crippen molar-refractivity contribution in [2.45, 2.75) is 12.0 Å². The Bertz CT molecular complexity index is 1040. The quantitative estimate of drug-likeness (QED) is 0.616. The first kappa shape index (κ1) is 20.5. The molecule has 0 radical (unpaired) electrons. The molecule has 6 nitrogen and oxygen atoms in total. The summed E-state index contributed by atoms with van der Waals surface area (Å²) in [5.74, 6) is -0.514. The Morgan fingerprint density at radius 1 is 1.23 bits per heavy atom. The Balaban J connectivity index is 1.78. The lowest BCUT2D eigenvalue weighted by Gasteiger charge is -2.41. The fourth-order valence-corrected chi connectivity index (χ4v) is 4.73. The van der Waals surface area contributed by atoms with Gasteiger partial charge in [-0.2, -0.15) is 0 Å². The molecule has 30 heavy (non-hydrogen) atoms. The van der Waals surface area contributed by atoms with Crippen LogP contribution in [0.2, 0.25) is 5.02 Å². The maximum absolute atomic E-state index is 13.5. The molecule has 8 heteroatoms. The second kappa shape index (κ2) is 8.95. The normalized spacial score (nSPS) is 18.2. The van der Waals surface area contributed by atoms with Crippen molar-refractivity contribution in [2.75, 3.05) is 25.6 Å². The molecule has 2 atom stereocenters. The molecule has 2 amide bonds. The molecular formula is C22H20ClN3O3S. The summed E-state index contributed by atoms with van der Waals surface area (Å²) in [6, 6.07) is 14.0. The molecule has 0 spiro atoms. The van der Waals surface area contributed by atoms with Crippen molar-refractivity contribution in [2.24, 2.45) is 0 Å². The fraction of sp³-hybridized carbons (Fsp3) is 0.227. The van der Waals surface area contributed by atoms with Crippen LogP contribution in [0.15, 0.2) is 60.1 Å². The van der Waals surface area contributed by atoms with Crippen LogP contribution in [0, 0.1) is 0 Å². The number of benzene rings is 1. The highest BCUT2D eigenvalue weighted by Crippen LogP contribution is 2.44. The van der Waals surface area contributed by atoms with Crippen LogP contribution in [0.5, 0.6) is 0 Å². The third-order valence-electron chi connectivity index (χ3n) is 5.07. The lowest BCUT2D eigenvalue weighted by molar-refractivity contribution is -0.119. The van der Waals surface area contributed by atoms with Crippen LogP contribution in [0.1, 0.15) is 32.8 Å². The van der Waals surface area contributed by atoms with Gasteiger partial charge in [-0.05, 0) is 35.2 Å². The van der Waals surface area contributed by atoms with Crippen LogP contribution in [0.3, 0.4) is 0 Å². The second-order valence-corrected chi connectivity index (χ2v) is 8.28. The maximum Gasteiger partial charge on any atom is 0.254 e. The summed E-state index contributed by atoms with van der Waals surface area (Å²) in [5, 5.41) is 5.33.